The Morgan fingerprint density at radius 2 is 1.10 bits per heavy atom. The van der Waals surface area contributed by atoms with Crippen LogP contribution in [0.3, 0.4) is 0 Å². The monoisotopic (exact) mass is 562 g/mol. The van der Waals surface area contributed by atoms with Crippen molar-refractivity contribution in [1.82, 2.24) is 0 Å². The molecular weight excluding hydrogens is 511 g/mol. The topological polar surface area (TPSA) is 58.9 Å². The van der Waals surface area contributed by atoms with Crippen molar-refractivity contribution in [2.75, 3.05) is 33.4 Å². The Hall–Kier alpha value is 0.791. The first kappa shape index (κ1) is 53.3. The van der Waals surface area contributed by atoms with E-state index in [1.165, 1.54) is 0 Å². The molecule has 0 rings (SSSR count). The Morgan fingerprint density at radius 3 is 1.19 bits per heavy atom. The molecule has 0 atom stereocenters. The lowest BCUT2D eigenvalue weighted by atomic mass is 10.8. The van der Waals surface area contributed by atoms with E-state index in [2.05, 4.69) is 19.6 Å². The Balaban J connectivity index is -0.0000000357. The fraction of sp³-hybridized carbons (Fsp3) is 1.00. The fourth-order valence-electron chi connectivity index (χ4n) is 0.343. The van der Waals surface area contributed by atoms with Crippen molar-refractivity contribution in [2.45, 2.75) is 87.2 Å². The van der Waals surface area contributed by atoms with Crippen LogP contribution in [-0.4, -0.2) is 73.7 Å². The summed E-state index contributed by atoms with van der Waals surface area (Å²) in [6.45, 7) is 17.7. The number of hydrogen-bond donors (Lipinski definition) is 2. The Kier molecular flexibility index (Phi) is 52.9. The van der Waals surface area contributed by atoms with Gasteiger partial charge in [0.1, 0.15) is 14.1 Å². The Labute approximate surface area is 203 Å². The van der Waals surface area contributed by atoms with Crippen LogP contribution in [0.25, 0.3) is 0 Å². The van der Waals surface area contributed by atoms with Crippen LogP contribution in [0.2, 0.25) is 52.4 Å². The highest BCUT2D eigenvalue weighted by molar-refractivity contribution is 7.18. The zero-order chi connectivity index (χ0) is 25.5. The maximum Gasteiger partial charge on any atom is 0.350 e. The van der Waals surface area contributed by atoms with Crippen LogP contribution in [-0.2, 0) is 8.85 Å². The lowest BCUT2D eigenvalue weighted by Gasteiger charge is -2.18. The van der Waals surface area contributed by atoms with E-state index in [1.807, 2.05) is 39.7 Å². The summed E-state index contributed by atoms with van der Waals surface area (Å²) < 4.78 is 52.2. The van der Waals surface area contributed by atoms with E-state index in [9.17, 15) is 17.6 Å². The standard InChI is InChI=1S/C5H13FO2Si.C3H9ClSi.C3H10OSi.C2H5Cl.C2H4F2O.CH3F.2CH4/c1-7-9(2,3)8-5-4-6;2*1-5(2,3)4;1-2-3;1-2(3,4)5;1-2;;/h4-5H2,1-3H3;1-3H3;4H,1-3H3;2H2,1H3;5H,1H3;1H3;2*1H4. The van der Waals surface area contributed by atoms with Gasteiger partial charge >= 0.3 is 14.7 Å². The van der Waals surface area contributed by atoms with Gasteiger partial charge in [-0.2, -0.15) is 19.9 Å². The molecule has 0 unspecified atom stereocenters. The predicted molar refractivity (Wildman–Crippen MR) is 141 cm³/mol. The maximum absolute atomic E-state index is 11.5. The first-order valence-corrected chi connectivity index (χ1v) is 20.0. The van der Waals surface area contributed by atoms with Crippen molar-refractivity contribution in [3.05, 3.63) is 0 Å². The smallest absolute Gasteiger partial charge is 0.350 e. The molecule has 0 amide bonds. The zero-order valence-electron chi connectivity index (χ0n) is 20.1. The lowest BCUT2D eigenvalue weighted by molar-refractivity contribution is -0.181. The van der Waals surface area contributed by atoms with Gasteiger partial charge in [0, 0.05) is 19.9 Å². The molecular formula is C18H52Cl2F4O4Si3. The summed E-state index contributed by atoms with van der Waals surface area (Å²) in [5, 5.41) is 7.19. The number of rotatable bonds is 4. The molecule has 0 heterocycles. The van der Waals surface area contributed by atoms with Crippen LogP contribution in [0.1, 0.15) is 28.7 Å². The number of alkyl halides is 5. The first-order chi connectivity index (χ1) is 12.5. The van der Waals surface area contributed by atoms with Gasteiger partial charge in [-0.25, -0.2) is 4.39 Å². The quantitative estimate of drug-likeness (QED) is 0.158. The van der Waals surface area contributed by atoms with E-state index in [-0.39, 0.29) is 21.5 Å². The minimum atomic E-state index is -3.50. The van der Waals surface area contributed by atoms with Crippen molar-refractivity contribution in [3.8, 4) is 0 Å². The molecule has 13 heteroatoms. The molecule has 0 fully saturated rings. The number of aliphatic hydroxyl groups is 1. The third-order valence-electron chi connectivity index (χ3n) is 1.02. The molecule has 0 radical (unpaired) electrons. The van der Waals surface area contributed by atoms with Gasteiger partial charge in [-0.05, 0) is 32.7 Å². The molecule has 0 bridgehead atoms. The van der Waals surface area contributed by atoms with Gasteiger partial charge < -0.3 is 18.8 Å². The van der Waals surface area contributed by atoms with E-state index >= 15 is 0 Å². The minimum Gasteiger partial charge on any atom is -0.433 e. The lowest BCUT2D eigenvalue weighted by Crippen LogP contribution is -2.33. The van der Waals surface area contributed by atoms with E-state index < -0.39 is 37.0 Å². The third-order valence-corrected chi connectivity index (χ3v) is 2.90. The highest BCUT2D eigenvalue weighted by Gasteiger charge is 2.21. The molecule has 2 N–H and O–H groups in total. The molecule has 31 heavy (non-hydrogen) atoms. The van der Waals surface area contributed by atoms with E-state index in [0.29, 0.717) is 14.1 Å². The highest BCUT2D eigenvalue weighted by Crippen LogP contribution is 2.04. The summed E-state index contributed by atoms with van der Waals surface area (Å²) in [4.78, 5) is 8.66. The van der Waals surface area contributed by atoms with Gasteiger partial charge in [-0.1, -0.05) is 41.4 Å². The summed E-state index contributed by atoms with van der Waals surface area (Å²) in [5.74, 6) is 0.722. The second kappa shape index (κ2) is 30.8. The van der Waals surface area contributed by atoms with Crippen molar-refractivity contribution >= 4 is 46.9 Å². The second-order valence-electron chi connectivity index (χ2n) is 7.49. The van der Waals surface area contributed by atoms with Gasteiger partial charge in [0.2, 0.25) is 0 Å². The Bertz CT molecular complexity index is 258. The summed E-state index contributed by atoms with van der Waals surface area (Å²) in [7, 11) is -2.60. The largest absolute Gasteiger partial charge is 0.433 e. The summed E-state index contributed by atoms with van der Waals surface area (Å²) in [6, 6.07) is 0. The average Bonchev–Trinajstić information content (AvgIpc) is 2.43. The molecule has 0 saturated carbocycles. The molecule has 0 spiro atoms. The molecule has 4 nitrogen and oxygen atoms in total. The molecule has 0 saturated heterocycles. The normalized spacial score (nSPS) is 10.1. The third kappa shape index (κ3) is 330. The number of halogens is 6. The molecule has 0 aromatic rings. The van der Waals surface area contributed by atoms with E-state index in [1.54, 1.807) is 7.11 Å². The van der Waals surface area contributed by atoms with Crippen LogP contribution in [0, 0.1) is 0 Å². The van der Waals surface area contributed by atoms with Crippen molar-refractivity contribution in [2.24, 2.45) is 0 Å². The average molecular weight is 564 g/mol. The molecule has 0 aliphatic heterocycles. The summed E-state index contributed by atoms with van der Waals surface area (Å²) in [5.41, 5.74) is 0. The summed E-state index contributed by atoms with van der Waals surface area (Å²) >= 11 is 10.7. The van der Waals surface area contributed by atoms with Crippen LogP contribution in [0.15, 0.2) is 0 Å². The van der Waals surface area contributed by atoms with Crippen molar-refractivity contribution < 1.29 is 36.3 Å². The van der Waals surface area contributed by atoms with Crippen molar-refractivity contribution in [1.29, 1.82) is 0 Å². The molecule has 0 aliphatic rings. The number of hydrogen-bond acceptors (Lipinski definition) is 4. The summed E-state index contributed by atoms with van der Waals surface area (Å²) in [6.07, 6.45) is -3.50. The van der Waals surface area contributed by atoms with Gasteiger partial charge in [0.15, 0.2) is 8.32 Å². The van der Waals surface area contributed by atoms with E-state index in [0.717, 1.165) is 5.88 Å². The van der Waals surface area contributed by atoms with Crippen LogP contribution in [0.4, 0.5) is 17.6 Å². The van der Waals surface area contributed by atoms with Crippen LogP contribution in [0.5, 0.6) is 0 Å². The van der Waals surface area contributed by atoms with E-state index in [4.69, 9.17) is 41.4 Å². The molecule has 0 aromatic carbocycles. The first-order valence-electron chi connectivity index (χ1n) is 8.74. The van der Waals surface area contributed by atoms with Gasteiger partial charge in [-0.15, -0.1) is 11.6 Å². The second-order valence-corrected chi connectivity index (χ2v) is 23.4. The van der Waals surface area contributed by atoms with Crippen molar-refractivity contribution in [3.63, 3.8) is 0 Å². The zero-order valence-corrected chi connectivity index (χ0v) is 24.6. The molecule has 0 aromatic heterocycles. The van der Waals surface area contributed by atoms with Crippen LogP contribution >= 0.6 is 22.7 Å². The fourth-order valence-corrected chi connectivity index (χ4v) is 1.03. The van der Waals surface area contributed by atoms with Gasteiger partial charge in [0.05, 0.1) is 13.8 Å². The predicted octanol–water partition coefficient (Wildman–Crippen LogP) is 7.89. The minimum absolute atomic E-state index is 0. The van der Waals surface area contributed by atoms with Crippen LogP contribution < -0.4 is 0 Å². The van der Waals surface area contributed by atoms with Gasteiger partial charge in [0.25, 0.3) is 0 Å². The molecule has 202 valence electrons. The maximum atomic E-state index is 11.5. The highest BCUT2D eigenvalue weighted by atomic mass is 35.6. The SMILES string of the molecule is C.C.CC(O)(F)F.CCCl.CF.CO[Si](C)(C)OCCF.C[Si](C)(C)Cl.C[Si](C)(C)O. The molecule has 0 aliphatic carbocycles. The van der Waals surface area contributed by atoms with Gasteiger partial charge in [-0.3, -0.25) is 4.39 Å². The Morgan fingerprint density at radius 1 is 0.935 bits per heavy atom.